The molecule has 3 aromatic carbocycles. The van der Waals surface area contributed by atoms with Gasteiger partial charge >= 0.3 is 0 Å². The van der Waals surface area contributed by atoms with Crippen LogP contribution in [0.4, 0.5) is 4.39 Å². The maximum absolute atomic E-state index is 13.5. The quantitative estimate of drug-likeness (QED) is 0.370. The van der Waals surface area contributed by atoms with Gasteiger partial charge in [0.05, 0.1) is 26.3 Å². The van der Waals surface area contributed by atoms with Crippen LogP contribution in [0.5, 0.6) is 11.5 Å². The first-order valence-corrected chi connectivity index (χ1v) is 10.2. The highest BCUT2D eigenvalue weighted by Crippen LogP contribution is 2.28. The van der Waals surface area contributed by atoms with Crippen LogP contribution >= 0.6 is 11.6 Å². The maximum atomic E-state index is 13.5. The van der Waals surface area contributed by atoms with Crippen LogP contribution in [-0.2, 0) is 13.1 Å². The van der Waals surface area contributed by atoms with Gasteiger partial charge in [-0.3, -0.25) is 4.79 Å². The average Bonchev–Trinajstić information content (AvgIpc) is 3.20. The number of fused-ring (bicyclic) bond motifs is 1. The van der Waals surface area contributed by atoms with Crippen molar-refractivity contribution >= 4 is 28.6 Å². The lowest BCUT2D eigenvalue weighted by atomic mass is 10.1. The molecule has 1 heterocycles. The van der Waals surface area contributed by atoms with Crippen molar-refractivity contribution in [3.63, 3.8) is 0 Å². The van der Waals surface area contributed by atoms with E-state index in [4.69, 9.17) is 25.5 Å². The predicted molar refractivity (Wildman–Crippen MR) is 119 cm³/mol. The van der Waals surface area contributed by atoms with Crippen LogP contribution in [0.3, 0.4) is 0 Å². The first-order chi connectivity index (χ1) is 15.5. The van der Waals surface area contributed by atoms with Crippen LogP contribution in [0.2, 0.25) is 5.02 Å². The Bertz CT molecular complexity index is 1260. The number of nitrogens with zero attached hydrogens (tertiary/aromatic N) is 2. The van der Waals surface area contributed by atoms with E-state index in [9.17, 15) is 9.18 Å². The lowest BCUT2D eigenvalue weighted by Gasteiger charge is -2.22. The predicted octanol–water partition coefficient (Wildman–Crippen LogP) is 5.48. The Balaban J connectivity index is 1.69. The number of ether oxygens (including phenoxy) is 2. The van der Waals surface area contributed by atoms with Crippen molar-refractivity contribution in [3.8, 4) is 11.5 Å². The van der Waals surface area contributed by atoms with Crippen LogP contribution in [-0.4, -0.2) is 30.0 Å². The van der Waals surface area contributed by atoms with Crippen molar-refractivity contribution in [1.29, 1.82) is 0 Å². The molecular weight excluding hydrogens is 435 g/mol. The van der Waals surface area contributed by atoms with Crippen LogP contribution in [0, 0.1) is 5.82 Å². The molecular formula is C24H20ClFN2O4. The normalized spacial score (nSPS) is 10.9. The summed E-state index contributed by atoms with van der Waals surface area (Å²) in [7, 11) is 3.02. The topological polar surface area (TPSA) is 64.8 Å². The largest absolute Gasteiger partial charge is 0.497 e. The van der Waals surface area contributed by atoms with Gasteiger partial charge in [-0.2, -0.15) is 0 Å². The number of amides is 1. The lowest BCUT2D eigenvalue weighted by molar-refractivity contribution is 0.0712. The fourth-order valence-corrected chi connectivity index (χ4v) is 3.50. The van der Waals surface area contributed by atoms with Crippen molar-refractivity contribution in [2.75, 3.05) is 14.2 Å². The molecule has 0 radical (unpaired) electrons. The molecule has 164 valence electrons. The first-order valence-electron chi connectivity index (χ1n) is 9.77. The van der Waals surface area contributed by atoms with Gasteiger partial charge in [-0.25, -0.2) is 9.37 Å². The van der Waals surface area contributed by atoms with Crippen molar-refractivity contribution in [2.24, 2.45) is 0 Å². The van der Waals surface area contributed by atoms with E-state index in [-0.39, 0.29) is 24.8 Å². The molecule has 0 saturated heterocycles. The highest BCUT2D eigenvalue weighted by Gasteiger charge is 2.23. The van der Waals surface area contributed by atoms with Gasteiger partial charge in [0.2, 0.25) is 5.89 Å². The molecule has 4 rings (SSSR count). The molecule has 8 heteroatoms. The van der Waals surface area contributed by atoms with E-state index in [0.717, 1.165) is 5.56 Å². The number of aromatic nitrogens is 1. The van der Waals surface area contributed by atoms with E-state index in [1.807, 2.05) is 0 Å². The molecule has 0 fully saturated rings. The van der Waals surface area contributed by atoms with Gasteiger partial charge in [-0.15, -0.1) is 0 Å². The summed E-state index contributed by atoms with van der Waals surface area (Å²) in [4.78, 5) is 19.5. The third-order valence-electron chi connectivity index (χ3n) is 4.93. The van der Waals surface area contributed by atoms with Crippen LogP contribution in [0.25, 0.3) is 11.1 Å². The Hall–Kier alpha value is -3.58. The van der Waals surface area contributed by atoms with E-state index >= 15 is 0 Å². The molecule has 6 nitrogen and oxygen atoms in total. The van der Waals surface area contributed by atoms with Gasteiger partial charge in [0.15, 0.2) is 5.58 Å². The van der Waals surface area contributed by atoms with E-state index in [2.05, 4.69) is 4.98 Å². The fraction of sp³-hybridized carbons (Fsp3) is 0.167. The SMILES string of the molecule is COc1ccc(C(=O)N(Cc2ccc(F)cc2)Cc2nc3cc(Cl)ccc3o2)c(OC)c1. The number of methoxy groups -OCH3 is 2. The molecule has 1 aromatic heterocycles. The van der Waals surface area contributed by atoms with Gasteiger partial charge in [-0.05, 0) is 48.0 Å². The summed E-state index contributed by atoms with van der Waals surface area (Å²) in [5.74, 6) is 0.653. The van der Waals surface area contributed by atoms with Crippen LogP contribution < -0.4 is 9.47 Å². The van der Waals surface area contributed by atoms with E-state index in [0.29, 0.717) is 39.1 Å². The Kier molecular flexibility index (Phi) is 6.28. The molecule has 1 amide bonds. The van der Waals surface area contributed by atoms with Crippen LogP contribution in [0.1, 0.15) is 21.8 Å². The molecule has 0 N–H and O–H groups in total. The van der Waals surface area contributed by atoms with Crippen molar-refractivity contribution in [1.82, 2.24) is 9.88 Å². The minimum atomic E-state index is -0.348. The van der Waals surface area contributed by atoms with Crippen molar-refractivity contribution in [3.05, 3.63) is 88.5 Å². The lowest BCUT2D eigenvalue weighted by Crippen LogP contribution is -2.30. The standard InChI is InChI=1S/C24H20ClFN2O4/c1-30-18-8-9-19(22(12-18)31-2)24(29)28(13-15-3-6-17(26)7-4-15)14-23-27-20-11-16(25)5-10-21(20)32-23/h3-12H,13-14H2,1-2H3. The molecule has 0 unspecified atom stereocenters. The average molecular weight is 455 g/mol. The number of benzene rings is 3. The summed E-state index contributed by atoms with van der Waals surface area (Å²) < 4.78 is 29.8. The van der Waals surface area contributed by atoms with E-state index in [1.54, 1.807) is 53.4 Å². The zero-order chi connectivity index (χ0) is 22.7. The molecule has 0 spiro atoms. The number of carbonyl (C=O) groups is 1. The molecule has 0 aliphatic heterocycles. The number of hydrogen-bond acceptors (Lipinski definition) is 5. The second kappa shape index (κ2) is 9.28. The summed E-state index contributed by atoms with van der Waals surface area (Å²) >= 11 is 6.04. The summed E-state index contributed by atoms with van der Waals surface area (Å²) in [6.07, 6.45) is 0. The monoisotopic (exact) mass is 454 g/mol. The summed E-state index contributed by atoms with van der Waals surface area (Å²) in [6, 6.07) is 16.1. The Morgan fingerprint density at radius 2 is 1.81 bits per heavy atom. The molecule has 4 aromatic rings. The Morgan fingerprint density at radius 1 is 1.03 bits per heavy atom. The number of oxazole rings is 1. The molecule has 0 aliphatic carbocycles. The molecule has 0 aliphatic rings. The third-order valence-corrected chi connectivity index (χ3v) is 5.17. The Morgan fingerprint density at radius 3 is 2.53 bits per heavy atom. The van der Waals surface area contributed by atoms with E-state index in [1.165, 1.54) is 26.4 Å². The minimum Gasteiger partial charge on any atom is -0.497 e. The van der Waals surface area contributed by atoms with Gasteiger partial charge in [0, 0.05) is 17.6 Å². The summed E-state index contributed by atoms with van der Waals surface area (Å²) in [5, 5.41) is 0.541. The third kappa shape index (κ3) is 4.68. The highest BCUT2D eigenvalue weighted by molar-refractivity contribution is 6.31. The maximum Gasteiger partial charge on any atom is 0.258 e. The van der Waals surface area contributed by atoms with Crippen LogP contribution in [0.15, 0.2) is 65.1 Å². The number of carbonyl (C=O) groups excluding carboxylic acids is 1. The Labute approximate surface area is 189 Å². The number of halogens is 2. The van der Waals surface area contributed by atoms with Gasteiger partial charge in [-0.1, -0.05) is 23.7 Å². The second-order valence-electron chi connectivity index (χ2n) is 7.07. The second-order valence-corrected chi connectivity index (χ2v) is 7.51. The highest BCUT2D eigenvalue weighted by atomic mass is 35.5. The summed E-state index contributed by atoms with van der Waals surface area (Å²) in [5.41, 5.74) is 2.28. The smallest absolute Gasteiger partial charge is 0.258 e. The van der Waals surface area contributed by atoms with Gasteiger partial charge in [0.1, 0.15) is 22.8 Å². The van der Waals surface area contributed by atoms with E-state index < -0.39 is 0 Å². The minimum absolute atomic E-state index is 0.0949. The number of rotatable bonds is 7. The zero-order valence-electron chi connectivity index (χ0n) is 17.5. The van der Waals surface area contributed by atoms with Crippen molar-refractivity contribution < 1.29 is 23.1 Å². The number of hydrogen-bond donors (Lipinski definition) is 0. The molecule has 0 saturated carbocycles. The van der Waals surface area contributed by atoms with Gasteiger partial charge < -0.3 is 18.8 Å². The molecule has 0 atom stereocenters. The van der Waals surface area contributed by atoms with Crippen molar-refractivity contribution in [2.45, 2.75) is 13.1 Å². The molecule has 32 heavy (non-hydrogen) atoms. The van der Waals surface area contributed by atoms with Gasteiger partial charge in [0.25, 0.3) is 5.91 Å². The summed E-state index contributed by atoms with van der Waals surface area (Å²) in [6.45, 7) is 0.311. The molecule has 0 bridgehead atoms. The zero-order valence-corrected chi connectivity index (χ0v) is 18.2. The first kappa shape index (κ1) is 21.6. The fourth-order valence-electron chi connectivity index (χ4n) is 3.33.